The molecule has 0 radical (unpaired) electrons. The highest BCUT2D eigenvalue weighted by Gasteiger charge is 2.25. The number of nitrogens with zero attached hydrogens (tertiary/aromatic N) is 3. The third kappa shape index (κ3) is 2.98. The summed E-state index contributed by atoms with van der Waals surface area (Å²) in [5.74, 6) is 0.950. The lowest BCUT2D eigenvalue weighted by molar-refractivity contribution is 0.0751. The first kappa shape index (κ1) is 16.4. The van der Waals surface area contributed by atoms with Gasteiger partial charge in [-0.3, -0.25) is 4.79 Å². The largest absolute Gasteiger partial charge is 0.494 e. The van der Waals surface area contributed by atoms with E-state index in [1.54, 1.807) is 18.4 Å². The van der Waals surface area contributed by atoms with Crippen molar-refractivity contribution in [3.05, 3.63) is 40.1 Å². The monoisotopic (exact) mass is 373 g/mol. The highest BCUT2D eigenvalue weighted by atomic mass is 32.1. The lowest BCUT2D eigenvalue weighted by Crippen LogP contribution is -2.48. The number of piperazine rings is 1. The van der Waals surface area contributed by atoms with Crippen molar-refractivity contribution in [1.82, 2.24) is 9.88 Å². The Labute approximate surface area is 154 Å². The Balaban J connectivity index is 1.52. The van der Waals surface area contributed by atoms with Crippen molar-refractivity contribution >= 4 is 43.9 Å². The zero-order chi connectivity index (χ0) is 17.4. The van der Waals surface area contributed by atoms with Crippen LogP contribution in [0.25, 0.3) is 10.2 Å². The Morgan fingerprint density at radius 2 is 2.00 bits per heavy atom. The number of thiazole rings is 1. The summed E-state index contributed by atoms with van der Waals surface area (Å²) in [5, 5.41) is 2.95. The number of anilines is 1. The van der Waals surface area contributed by atoms with Crippen LogP contribution in [-0.2, 0) is 0 Å². The highest BCUT2D eigenvalue weighted by Crippen LogP contribution is 2.36. The molecule has 0 N–H and O–H groups in total. The number of fused-ring (bicyclic) bond motifs is 1. The average Bonchev–Trinajstić information content (AvgIpc) is 3.32. The Morgan fingerprint density at radius 3 is 2.68 bits per heavy atom. The Hall–Kier alpha value is -2.12. The Kier molecular flexibility index (Phi) is 4.35. The molecule has 1 saturated heterocycles. The van der Waals surface area contributed by atoms with Crippen LogP contribution < -0.4 is 9.64 Å². The summed E-state index contributed by atoms with van der Waals surface area (Å²) in [5.41, 5.74) is 2.14. The number of rotatable bonds is 3. The van der Waals surface area contributed by atoms with Gasteiger partial charge in [-0.15, -0.1) is 11.3 Å². The molecule has 3 heterocycles. The molecule has 0 spiro atoms. The van der Waals surface area contributed by atoms with E-state index >= 15 is 0 Å². The number of ether oxygens (including phenoxy) is 1. The van der Waals surface area contributed by atoms with Crippen LogP contribution in [0.4, 0.5) is 5.13 Å². The number of aromatic nitrogens is 1. The molecule has 0 atom stereocenters. The molecule has 1 aromatic carbocycles. The lowest BCUT2D eigenvalue weighted by atomic mass is 10.2. The van der Waals surface area contributed by atoms with Crippen LogP contribution in [-0.4, -0.2) is 49.1 Å². The minimum Gasteiger partial charge on any atom is -0.494 e. The average molecular weight is 374 g/mol. The van der Waals surface area contributed by atoms with Gasteiger partial charge in [0.2, 0.25) is 0 Å². The standard InChI is InChI=1S/C18H19N3O2S2/c1-12-5-6-13(23-2)15-16(12)25-18(19-15)21-9-7-20(8-10-21)17(22)14-4-3-11-24-14/h3-6,11H,7-10H2,1-2H3. The first-order valence-electron chi connectivity index (χ1n) is 8.19. The van der Waals surface area contributed by atoms with E-state index in [0.717, 1.165) is 47.5 Å². The van der Waals surface area contributed by atoms with Crippen LogP contribution in [0.1, 0.15) is 15.2 Å². The van der Waals surface area contributed by atoms with Crippen LogP contribution in [0.2, 0.25) is 0 Å². The fraction of sp³-hybridized carbons (Fsp3) is 0.333. The van der Waals surface area contributed by atoms with Gasteiger partial charge < -0.3 is 14.5 Å². The second-order valence-corrected chi connectivity index (χ2v) is 7.94. The second-order valence-electron chi connectivity index (χ2n) is 6.02. The van der Waals surface area contributed by atoms with Gasteiger partial charge in [0.1, 0.15) is 11.3 Å². The topological polar surface area (TPSA) is 45.7 Å². The number of hydrogen-bond acceptors (Lipinski definition) is 6. The number of hydrogen-bond donors (Lipinski definition) is 0. The van der Waals surface area contributed by atoms with Crippen molar-refractivity contribution in [2.75, 3.05) is 38.2 Å². The zero-order valence-corrected chi connectivity index (χ0v) is 15.8. The summed E-state index contributed by atoms with van der Waals surface area (Å²) in [4.78, 5) is 22.3. The molecule has 25 heavy (non-hydrogen) atoms. The summed E-state index contributed by atoms with van der Waals surface area (Å²) in [6, 6.07) is 7.85. The number of aryl methyl sites for hydroxylation is 1. The van der Waals surface area contributed by atoms with Crippen molar-refractivity contribution in [2.24, 2.45) is 0 Å². The van der Waals surface area contributed by atoms with Gasteiger partial charge in [0.25, 0.3) is 5.91 Å². The molecule has 4 rings (SSSR count). The summed E-state index contributed by atoms with van der Waals surface area (Å²) in [6.07, 6.45) is 0. The van der Waals surface area contributed by atoms with Crippen molar-refractivity contribution in [3.63, 3.8) is 0 Å². The number of benzene rings is 1. The van der Waals surface area contributed by atoms with E-state index in [-0.39, 0.29) is 5.91 Å². The lowest BCUT2D eigenvalue weighted by Gasteiger charge is -2.34. The molecule has 1 aliphatic rings. The van der Waals surface area contributed by atoms with Crippen molar-refractivity contribution in [1.29, 1.82) is 0 Å². The molecular weight excluding hydrogens is 354 g/mol. The molecule has 0 saturated carbocycles. The van der Waals surface area contributed by atoms with Crippen LogP contribution >= 0.6 is 22.7 Å². The van der Waals surface area contributed by atoms with Crippen LogP contribution in [0, 0.1) is 6.92 Å². The second kappa shape index (κ2) is 6.65. The third-order valence-electron chi connectivity index (χ3n) is 4.48. The predicted molar refractivity (Wildman–Crippen MR) is 103 cm³/mol. The SMILES string of the molecule is COc1ccc(C)c2sc(N3CCN(C(=O)c4cccs4)CC3)nc12. The Morgan fingerprint density at radius 1 is 1.20 bits per heavy atom. The maximum atomic E-state index is 12.5. The molecular formula is C18H19N3O2S2. The minimum atomic E-state index is 0.136. The van der Waals surface area contributed by atoms with Gasteiger partial charge in [0.15, 0.2) is 5.13 Å². The van der Waals surface area contributed by atoms with Crippen molar-refractivity contribution in [3.8, 4) is 5.75 Å². The van der Waals surface area contributed by atoms with Gasteiger partial charge in [-0.1, -0.05) is 23.5 Å². The Bertz CT molecular complexity index is 897. The van der Waals surface area contributed by atoms with Gasteiger partial charge in [-0.2, -0.15) is 0 Å². The minimum absolute atomic E-state index is 0.136. The molecule has 2 aromatic heterocycles. The van der Waals surface area contributed by atoms with E-state index in [4.69, 9.17) is 9.72 Å². The molecule has 5 nitrogen and oxygen atoms in total. The van der Waals surface area contributed by atoms with Gasteiger partial charge in [-0.25, -0.2) is 4.98 Å². The van der Waals surface area contributed by atoms with E-state index in [1.165, 1.54) is 21.6 Å². The van der Waals surface area contributed by atoms with E-state index < -0.39 is 0 Å². The fourth-order valence-corrected chi connectivity index (χ4v) is 4.85. The molecule has 130 valence electrons. The molecule has 1 aliphatic heterocycles. The first-order chi connectivity index (χ1) is 12.2. The van der Waals surface area contributed by atoms with Crippen molar-refractivity contribution in [2.45, 2.75) is 6.92 Å². The summed E-state index contributed by atoms with van der Waals surface area (Å²) < 4.78 is 6.62. The first-order valence-corrected chi connectivity index (χ1v) is 9.89. The van der Waals surface area contributed by atoms with Gasteiger partial charge in [0.05, 0.1) is 16.7 Å². The molecule has 0 aliphatic carbocycles. The third-order valence-corrected chi connectivity index (χ3v) is 6.59. The molecule has 7 heteroatoms. The predicted octanol–water partition coefficient (Wildman–Crippen LogP) is 3.64. The molecule has 1 fully saturated rings. The number of amides is 1. The van der Waals surface area contributed by atoms with Crippen molar-refractivity contribution < 1.29 is 9.53 Å². The molecule has 0 bridgehead atoms. The van der Waals surface area contributed by atoms with E-state index in [2.05, 4.69) is 17.9 Å². The number of methoxy groups -OCH3 is 1. The number of carbonyl (C=O) groups excluding carboxylic acids is 1. The zero-order valence-electron chi connectivity index (χ0n) is 14.2. The normalized spacial score (nSPS) is 15.0. The maximum Gasteiger partial charge on any atom is 0.264 e. The molecule has 1 amide bonds. The van der Waals surface area contributed by atoms with Gasteiger partial charge in [0, 0.05) is 26.2 Å². The fourth-order valence-electron chi connectivity index (χ4n) is 3.06. The number of carbonyl (C=O) groups is 1. The smallest absolute Gasteiger partial charge is 0.264 e. The molecule has 3 aromatic rings. The summed E-state index contributed by atoms with van der Waals surface area (Å²) in [6.45, 7) is 5.16. The quantitative estimate of drug-likeness (QED) is 0.703. The van der Waals surface area contributed by atoms with Gasteiger partial charge >= 0.3 is 0 Å². The van der Waals surface area contributed by atoms with E-state index in [0.29, 0.717) is 0 Å². The van der Waals surface area contributed by atoms with E-state index in [1.807, 2.05) is 28.5 Å². The maximum absolute atomic E-state index is 12.5. The van der Waals surface area contributed by atoms with E-state index in [9.17, 15) is 4.79 Å². The van der Waals surface area contributed by atoms with Gasteiger partial charge in [-0.05, 0) is 30.0 Å². The molecule has 0 unspecified atom stereocenters. The summed E-state index contributed by atoms with van der Waals surface area (Å²) >= 11 is 3.20. The van der Waals surface area contributed by atoms with Crippen LogP contribution in [0.15, 0.2) is 29.6 Å². The van der Waals surface area contributed by atoms with Crippen LogP contribution in [0.5, 0.6) is 5.75 Å². The summed E-state index contributed by atoms with van der Waals surface area (Å²) in [7, 11) is 1.68. The number of thiophene rings is 1. The van der Waals surface area contributed by atoms with Crippen LogP contribution in [0.3, 0.4) is 0 Å². The highest BCUT2D eigenvalue weighted by molar-refractivity contribution is 7.22.